The van der Waals surface area contributed by atoms with Crippen molar-refractivity contribution < 1.29 is 37.7 Å². The highest BCUT2D eigenvalue weighted by Gasteiger charge is 2.33. The SMILES string of the molecule is CC(=O)Cc1c(OC(F)(F)F)cccc1C(O)C(=O)O. The molecule has 0 bridgehead atoms. The number of aliphatic hydroxyl groups is 1. The van der Waals surface area contributed by atoms with Crippen molar-refractivity contribution in [2.75, 3.05) is 0 Å². The molecule has 0 spiro atoms. The second-order valence-corrected chi connectivity index (χ2v) is 3.99. The summed E-state index contributed by atoms with van der Waals surface area (Å²) >= 11 is 0. The van der Waals surface area contributed by atoms with E-state index in [9.17, 15) is 27.9 Å². The summed E-state index contributed by atoms with van der Waals surface area (Å²) < 4.78 is 40.5. The van der Waals surface area contributed by atoms with Crippen molar-refractivity contribution in [3.63, 3.8) is 0 Å². The molecule has 0 saturated heterocycles. The molecule has 0 aliphatic heterocycles. The Bertz CT molecular complexity index is 524. The van der Waals surface area contributed by atoms with Gasteiger partial charge in [-0.3, -0.25) is 4.79 Å². The number of carboxylic acid groups (broad SMARTS) is 1. The minimum Gasteiger partial charge on any atom is -0.479 e. The van der Waals surface area contributed by atoms with E-state index in [1.165, 1.54) is 0 Å². The van der Waals surface area contributed by atoms with Crippen LogP contribution in [-0.4, -0.2) is 28.3 Å². The number of aliphatic hydroxyl groups excluding tert-OH is 1. The fourth-order valence-corrected chi connectivity index (χ4v) is 1.63. The largest absolute Gasteiger partial charge is 0.573 e. The molecule has 0 aliphatic carbocycles. The van der Waals surface area contributed by atoms with E-state index in [2.05, 4.69) is 4.74 Å². The first kappa shape index (κ1) is 16.0. The fourth-order valence-electron chi connectivity index (χ4n) is 1.63. The van der Waals surface area contributed by atoms with Crippen molar-refractivity contribution >= 4 is 11.8 Å². The second kappa shape index (κ2) is 5.91. The van der Waals surface area contributed by atoms with Gasteiger partial charge in [0.15, 0.2) is 6.10 Å². The number of ether oxygens (including phenoxy) is 1. The third-order valence-corrected chi connectivity index (χ3v) is 2.35. The zero-order chi connectivity index (χ0) is 15.5. The number of hydrogen-bond donors (Lipinski definition) is 2. The molecule has 0 saturated carbocycles. The van der Waals surface area contributed by atoms with Gasteiger partial charge in [-0.25, -0.2) is 4.79 Å². The Hall–Kier alpha value is -2.09. The van der Waals surface area contributed by atoms with Gasteiger partial charge in [-0.1, -0.05) is 12.1 Å². The molecule has 1 aromatic carbocycles. The molecule has 0 heterocycles. The van der Waals surface area contributed by atoms with Gasteiger partial charge in [0.05, 0.1) is 0 Å². The molecule has 0 aliphatic rings. The van der Waals surface area contributed by atoms with Crippen molar-refractivity contribution in [1.29, 1.82) is 0 Å². The molecule has 20 heavy (non-hydrogen) atoms. The normalized spacial score (nSPS) is 12.8. The number of ketones is 1. The first-order chi connectivity index (χ1) is 9.11. The van der Waals surface area contributed by atoms with E-state index in [0.29, 0.717) is 0 Å². The van der Waals surface area contributed by atoms with Crippen LogP contribution in [0.1, 0.15) is 24.2 Å². The van der Waals surface area contributed by atoms with Gasteiger partial charge in [0.1, 0.15) is 11.5 Å². The number of alkyl halides is 3. The number of Topliss-reactive ketones (excluding diaryl/α,β-unsaturated/α-hetero) is 1. The van der Waals surface area contributed by atoms with Gasteiger partial charge in [-0.05, 0) is 18.6 Å². The second-order valence-electron chi connectivity index (χ2n) is 3.99. The zero-order valence-corrected chi connectivity index (χ0v) is 10.3. The van der Waals surface area contributed by atoms with Crippen molar-refractivity contribution in [2.45, 2.75) is 25.8 Å². The number of halogens is 3. The van der Waals surface area contributed by atoms with Gasteiger partial charge in [-0.15, -0.1) is 13.2 Å². The summed E-state index contributed by atoms with van der Waals surface area (Å²) in [7, 11) is 0. The first-order valence-electron chi connectivity index (χ1n) is 5.39. The fraction of sp³-hybridized carbons (Fsp3) is 0.333. The molecule has 1 aromatic rings. The van der Waals surface area contributed by atoms with E-state index in [0.717, 1.165) is 25.1 Å². The number of carboxylic acids is 1. The molecular formula is C12H11F3O5. The zero-order valence-electron chi connectivity index (χ0n) is 10.3. The number of carbonyl (C=O) groups is 2. The Labute approximate surface area is 111 Å². The van der Waals surface area contributed by atoms with E-state index in [-0.39, 0.29) is 11.1 Å². The van der Waals surface area contributed by atoms with Crippen LogP contribution in [0, 0.1) is 0 Å². The maximum Gasteiger partial charge on any atom is 0.573 e. The molecule has 1 unspecified atom stereocenters. The summed E-state index contributed by atoms with van der Waals surface area (Å²) in [5, 5.41) is 18.2. The maximum atomic E-state index is 12.3. The van der Waals surface area contributed by atoms with E-state index >= 15 is 0 Å². The van der Waals surface area contributed by atoms with Gasteiger partial charge in [0.2, 0.25) is 0 Å². The van der Waals surface area contributed by atoms with Crippen LogP contribution in [0.3, 0.4) is 0 Å². The third-order valence-electron chi connectivity index (χ3n) is 2.35. The Balaban J connectivity index is 3.33. The summed E-state index contributed by atoms with van der Waals surface area (Å²) in [6, 6.07) is 3.18. The van der Waals surface area contributed by atoms with Gasteiger partial charge in [-0.2, -0.15) is 0 Å². The topological polar surface area (TPSA) is 83.8 Å². The van der Waals surface area contributed by atoms with Gasteiger partial charge in [0, 0.05) is 12.0 Å². The minimum atomic E-state index is -4.99. The van der Waals surface area contributed by atoms with Crippen LogP contribution in [-0.2, 0) is 16.0 Å². The Morgan fingerprint density at radius 2 is 1.95 bits per heavy atom. The molecule has 0 radical (unpaired) electrons. The van der Waals surface area contributed by atoms with Crippen molar-refractivity contribution in [3.8, 4) is 5.75 Å². The van der Waals surface area contributed by atoms with Gasteiger partial charge < -0.3 is 14.9 Å². The van der Waals surface area contributed by atoms with E-state index < -0.39 is 36.4 Å². The Morgan fingerprint density at radius 1 is 1.35 bits per heavy atom. The first-order valence-corrected chi connectivity index (χ1v) is 5.39. The summed E-state index contributed by atoms with van der Waals surface area (Å²) in [6.07, 6.45) is -7.51. The molecule has 0 aromatic heterocycles. The molecule has 5 nitrogen and oxygen atoms in total. The van der Waals surface area contributed by atoms with Crippen LogP contribution in [0.15, 0.2) is 18.2 Å². The highest BCUT2D eigenvalue weighted by molar-refractivity contribution is 5.81. The monoisotopic (exact) mass is 292 g/mol. The van der Waals surface area contributed by atoms with Crippen LogP contribution in [0.2, 0.25) is 0 Å². The van der Waals surface area contributed by atoms with Crippen molar-refractivity contribution in [1.82, 2.24) is 0 Å². The predicted molar refractivity (Wildman–Crippen MR) is 60.1 cm³/mol. The summed E-state index contributed by atoms with van der Waals surface area (Å²) in [5.41, 5.74) is -0.610. The smallest absolute Gasteiger partial charge is 0.479 e. The highest BCUT2D eigenvalue weighted by atomic mass is 19.4. The third kappa shape index (κ3) is 4.23. The highest BCUT2D eigenvalue weighted by Crippen LogP contribution is 2.32. The standard InChI is InChI=1S/C12H11F3O5/c1-6(16)5-8-7(10(17)11(18)19)3-2-4-9(8)20-12(13,14)15/h2-4,10,17H,5H2,1H3,(H,18,19). The summed E-state index contributed by atoms with van der Waals surface area (Å²) in [6.45, 7) is 1.13. The molecule has 1 rings (SSSR count). The van der Waals surface area contributed by atoms with E-state index in [4.69, 9.17) is 5.11 Å². The lowest BCUT2D eigenvalue weighted by atomic mass is 9.97. The number of carbonyl (C=O) groups excluding carboxylic acids is 1. The summed E-state index contributed by atoms with van der Waals surface area (Å²) in [5.74, 6) is -2.84. The van der Waals surface area contributed by atoms with Crippen molar-refractivity contribution in [3.05, 3.63) is 29.3 Å². The van der Waals surface area contributed by atoms with Crippen LogP contribution in [0.25, 0.3) is 0 Å². The molecule has 1 atom stereocenters. The molecule has 110 valence electrons. The van der Waals surface area contributed by atoms with E-state index in [1.807, 2.05) is 0 Å². The maximum absolute atomic E-state index is 12.3. The Morgan fingerprint density at radius 3 is 2.40 bits per heavy atom. The number of rotatable bonds is 5. The predicted octanol–water partition coefficient (Wildman–Crippen LogP) is 1.83. The molecular weight excluding hydrogens is 281 g/mol. The molecule has 8 heteroatoms. The number of benzene rings is 1. The summed E-state index contributed by atoms with van der Waals surface area (Å²) in [4.78, 5) is 21.8. The van der Waals surface area contributed by atoms with Crippen LogP contribution < -0.4 is 4.74 Å². The van der Waals surface area contributed by atoms with Gasteiger partial charge >= 0.3 is 12.3 Å². The van der Waals surface area contributed by atoms with Crippen LogP contribution in [0.5, 0.6) is 5.75 Å². The van der Waals surface area contributed by atoms with Crippen molar-refractivity contribution in [2.24, 2.45) is 0 Å². The molecule has 2 N–H and O–H groups in total. The van der Waals surface area contributed by atoms with Crippen LogP contribution in [0.4, 0.5) is 13.2 Å². The Kier molecular flexibility index (Phi) is 4.72. The average Bonchev–Trinajstić information content (AvgIpc) is 2.27. The molecule has 0 fully saturated rings. The lowest BCUT2D eigenvalue weighted by Crippen LogP contribution is -2.20. The number of aliphatic carboxylic acids is 1. The van der Waals surface area contributed by atoms with Crippen LogP contribution >= 0.6 is 0 Å². The lowest BCUT2D eigenvalue weighted by molar-refractivity contribution is -0.274. The molecule has 0 amide bonds. The van der Waals surface area contributed by atoms with Gasteiger partial charge in [0.25, 0.3) is 0 Å². The number of hydrogen-bond acceptors (Lipinski definition) is 4. The quantitative estimate of drug-likeness (QED) is 0.865. The minimum absolute atomic E-state index is 0.299. The lowest BCUT2D eigenvalue weighted by Gasteiger charge is -2.17. The van der Waals surface area contributed by atoms with E-state index in [1.54, 1.807) is 0 Å². The average molecular weight is 292 g/mol.